The highest BCUT2D eigenvalue weighted by atomic mass is 16.5. The van der Waals surface area contributed by atoms with Gasteiger partial charge in [-0.3, -0.25) is 9.69 Å². The number of nitrogens with zero attached hydrogens (tertiary/aromatic N) is 1. The Labute approximate surface area is 169 Å². The number of rotatable bonds is 5. The van der Waals surface area contributed by atoms with Crippen LogP contribution in [0, 0.1) is 0 Å². The van der Waals surface area contributed by atoms with Gasteiger partial charge < -0.3 is 24.1 Å². The van der Waals surface area contributed by atoms with E-state index in [4.69, 9.17) is 18.9 Å². The van der Waals surface area contributed by atoms with Gasteiger partial charge in [0, 0.05) is 18.2 Å². The first kappa shape index (κ1) is 19.3. The number of phenolic OH excluding ortho intramolecular Hbond substituents is 1. The summed E-state index contributed by atoms with van der Waals surface area (Å²) in [5, 5.41) is 10.4. The summed E-state index contributed by atoms with van der Waals surface area (Å²) < 4.78 is 22.2. The van der Waals surface area contributed by atoms with Crippen molar-refractivity contribution < 1.29 is 28.8 Å². The van der Waals surface area contributed by atoms with Crippen molar-refractivity contribution in [3.05, 3.63) is 52.8 Å². The summed E-state index contributed by atoms with van der Waals surface area (Å²) in [6.45, 7) is 3.59. The van der Waals surface area contributed by atoms with Crippen molar-refractivity contribution in [2.45, 2.75) is 19.5 Å². The number of Topliss-reactive ketones (excluding diaryl/α,β-unsaturated/α-hetero) is 1. The fourth-order valence-electron chi connectivity index (χ4n) is 3.59. The van der Waals surface area contributed by atoms with E-state index in [1.165, 1.54) is 6.07 Å². The lowest BCUT2D eigenvalue weighted by Gasteiger charge is -2.20. The quantitative estimate of drug-likeness (QED) is 0.777. The summed E-state index contributed by atoms with van der Waals surface area (Å²) in [6, 6.07) is 8.75. The van der Waals surface area contributed by atoms with Gasteiger partial charge in [-0.1, -0.05) is 12.1 Å². The minimum atomic E-state index is -0.239. The summed E-state index contributed by atoms with van der Waals surface area (Å²) in [7, 11) is 3.10. The SMILES string of the molecule is COc1cccc(C=C2Oc3c(ccc(O)c3CN3COC[C@@H]3C)C2=O)c1OC. The van der Waals surface area contributed by atoms with Crippen LogP contribution in [0.15, 0.2) is 36.1 Å². The predicted molar refractivity (Wildman–Crippen MR) is 106 cm³/mol. The molecule has 0 saturated carbocycles. The van der Waals surface area contributed by atoms with Crippen LogP contribution in [0.4, 0.5) is 0 Å². The van der Waals surface area contributed by atoms with E-state index in [1.54, 1.807) is 32.4 Å². The van der Waals surface area contributed by atoms with Gasteiger partial charge in [0.15, 0.2) is 17.3 Å². The fourth-order valence-corrected chi connectivity index (χ4v) is 3.59. The zero-order valence-corrected chi connectivity index (χ0v) is 16.6. The zero-order chi connectivity index (χ0) is 20.5. The van der Waals surface area contributed by atoms with Crippen molar-refractivity contribution in [3.63, 3.8) is 0 Å². The number of phenols is 1. The van der Waals surface area contributed by atoms with E-state index in [-0.39, 0.29) is 23.3 Å². The Balaban J connectivity index is 1.70. The number of allylic oxidation sites excluding steroid dienone is 1. The molecular weight excluding hydrogens is 374 g/mol. The zero-order valence-electron chi connectivity index (χ0n) is 16.6. The first-order valence-electron chi connectivity index (χ1n) is 9.35. The first-order valence-corrected chi connectivity index (χ1v) is 9.35. The summed E-state index contributed by atoms with van der Waals surface area (Å²) in [5.74, 6) is 1.49. The minimum absolute atomic E-state index is 0.0934. The number of aromatic hydroxyl groups is 1. The van der Waals surface area contributed by atoms with E-state index in [2.05, 4.69) is 11.8 Å². The molecule has 0 spiro atoms. The maximum Gasteiger partial charge on any atom is 0.231 e. The molecule has 1 fully saturated rings. The highest BCUT2D eigenvalue weighted by Crippen LogP contribution is 2.41. The van der Waals surface area contributed by atoms with Gasteiger partial charge in [-0.2, -0.15) is 0 Å². The molecule has 0 unspecified atom stereocenters. The van der Waals surface area contributed by atoms with Crippen LogP contribution in [0.25, 0.3) is 6.08 Å². The van der Waals surface area contributed by atoms with Crippen LogP contribution in [0.5, 0.6) is 23.0 Å². The number of fused-ring (bicyclic) bond motifs is 1. The third-order valence-electron chi connectivity index (χ3n) is 5.24. The second-order valence-corrected chi connectivity index (χ2v) is 7.06. The van der Waals surface area contributed by atoms with Crippen LogP contribution in [0.3, 0.4) is 0 Å². The van der Waals surface area contributed by atoms with Crippen molar-refractivity contribution >= 4 is 11.9 Å². The Bertz CT molecular complexity index is 984. The average molecular weight is 397 g/mol. The molecule has 2 aromatic carbocycles. The Kier molecular flexibility index (Phi) is 5.17. The predicted octanol–water partition coefficient (Wildman–Crippen LogP) is 3.20. The molecule has 4 rings (SSSR count). The van der Waals surface area contributed by atoms with Gasteiger partial charge in [0.2, 0.25) is 5.78 Å². The lowest BCUT2D eigenvalue weighted by molar-refractivity contribution is 0.101. The van der Waals surface area contributed by atoms with Crippen LogP contribution in [-0.2, 0) is 11.3 Å². The van der Waals surface area contributed by atoms with E-state index in [1.807, 2.05) is 12.1 Å². The maximum atomic E-state index is 12.9. The van der Waals surface area contributed by atoms with Crippen molar-refractivity contribution in [3.8, 4) is 23.0 Å². The molecule has 2 aliphatic heterocycles. The topological polar surface area (TPSA) is 77.5 Å². The van der Waals surface area contributed by atoms with Crippen molar-refractivity contribution in [2.75, 3.05) is 27.6 Å². The number of methoxy groups -OCH3 is 2. The molecule has 152 valence electrons. The molecule has 7 nitrogen and oxygen atoms in total. The molecule has 2 aliphatic rings. The van der Waals surface area contributed by atoms with Crippen LogP contribution in [0.2, 0.25) is 0 Å². The van der Waals surface area contributed by atoms with Crippen LogP contribution in [0.1, 0.15) is 28.4 Å². The number of carbonyl (C=O) groups excluding carboxylic acids is 1. The van der Waals surface area contributed by atoms with Crippen molar-refractivity contribution in [2.24, 2.45) is 0 Å². The normalized spacial score (nSPS) is 20.0. The molecule has 1 saturated heterocycles. The second-order valence-electron chi connectivity index (χ2n) is 7.06. The maximum absolute atomic E-state index is 12.9. The van der Waals surface area contributed by atoms with Gasteiger partial charge in [-0.25, -0.2) is 0 Å². The standard InChI is InChI=1S/C22H23NO6/c1-13-11-28-12-23(13)10-16-17(24)8-7-15-20(25)19(29-22(15)16)9-14-5-4-6-18(26-2)21(14)27-3/h4-9,13,24H,10-12H2,1-3H3/t13-/m0/s1. The molecule has 0 aromatic heterocycles. The van der Waals surface area contributed by atoms with Crippen LogP contribution in [-0.4, -0.2) is 49.4 Å². The smallest absolute Gasteiger partial charge is 0.231 e. The van der Waals surface area contributed by atoms with Gasteiger partial charge in [0.25, 0.3) is 0 Å². The number of para-hydroxylation sites is 1. The molecule has 0 bridgehead atoms. The molecule has 1 atom stereocenters. The second kappa shape index (κ2) is 7.77. The number of ketones is 1. The molecule has 1 N–H and O–H groups in total. The summed E-state index contributed by atoms with van der Waals surface area (Å²) in [4.78, 5) is 15.0. The number of hydrogen-bond acceptors (Lipinski definition) is 7. The van der Waals surface area contributed by atoms with E-state index in [0.717, 1.165) is 0 Å². The van der Waals surface area contributed by atoms with Gasteiger partial charge in [0.05, 0.1) is 38.7 Å². The summed E-state index contributed by atoms with van der Waals surface area (Å²) >= 11 is 0. The number of ether oxygens (including phenoxy) is 4. The molecular formula is C22H23NO6. The number of benzene rings is 2. The van der Waals surface area contributed by atoms with E-state index in [9.17, 15) is 9.90 Å². The van der Waals surface area contributed by atoms with E-state index >= 15 is 0 Å². The largest absolute Gasteiger partial charge is 0.507 e. The third kappa shape index (κ3) is 3.43. The van der Waals surface area contributed by atoms with Crippen molar-refractivity contribution in [1.29, 1.82) is 0 Å². The minimum Gasteiger partial charge on any atom is -0.507 e. The third-order valence-corrected chi connectivity index (χ3v) is 5.24. The highest BCUT2D eigenvalue weighted by molar-refractivity contribution is 6.15. The lowest BCUT2D eigenvalue weighted by Crippen LogP contribution is -2.27. The van der Waals surface area contributed by atoms with E-state index < -0.39 is 0 Å². The Morgan fingerprint density at radius 1 is 1.24 bits per heavy atom. The number of carbonyl (C=O) groups is 1. The van der Waals surface area contributed by atoms with Crippen molar-refractivity contribution in [1.82, 2.24) is 4.90 Å². The Hall–Kier alpha value is -3.03. The first-order chi connectivity index (χ1) is 14.0. The van der Waals surface area contributed by atoms with Crippen LogP contribution >= 0.6 is 0 Å². The highest BCUT2D eigenvalue weighted by Gasteiger charge is 2.33. The fraction of sp³-hybridized carbons (Fsp3) is 0.318. The molecule has 0 radical (unpaired) electrons. The van der Waals surface area contributed by atoms with E-state index in [0.29, 0.717) is 53.8 Å². The monoisotopic (exact) mass is 397 g/mol. The summed E-state index contributed by atoms with van der Waals surface area (Å²) in [6.07, 6.45) is 1.63. The van der Waals surface area contributed by atoms with Crippen LogP contribution < -0.4 is 14.2 Å². The summed E-state index contributed by atoms with van der Waals surface area (Å²) in [5.41, 5.74) is 1.67. The Morgan fingerprint density at radius 3 is 2.76 bits per heavy atom. The Morgan fingerprint density at radius 2 is 2.07 bits per heavy atom. The molecule has 29 heavy (non-hydrogen) atoms. The number of hydrogen-bond donors (Lipinski definition) is 1. The molecule has 2 heterocycles. The molecule has 7 heteroatoms. The molecule has 2 aromatic rings. The van der Waals surface area contributed by atoms with Gasteiger partial charge in [0.1, 0.15) is 11.5 Å². The molecule has 0 amide bonds. The van der Waals surface area contributed by atoms with Gasteiger partial charge in [-0.05, 0) is 31.2 Å². The lowest BCUT2D eigenvalue weighted by atomic mass is 10.0. The molecule has 0 aliphatic carbocycles. The van der Waals surface area contributed by atoms with Gasteiger partial charge >= 0.3 is 0 Å². The van der Waals surface area contributed by atoms with Gasteiger partial charge in [-0.15, -0.1) is 0 Å². The average Bonchev–Trinajstić information content (AvgIpc) is 3.27.